The number of aromatic amines is 1. The summed E-state index contributed by atoms with van der Waals surface area (Å²) in [5.41, 5.74) is 2.54. The molecule has 41 heavy (non-hydrogen) atoms. The predicted octanol–water partition coefficient (Wildman–Crippen LogP) is 6.00. The first-order chi connectivity index (χ1) is 19.8. The number of nitrogens with zero attached hydrogens (tertiary/aromatic N) is 2. The highest BCUT2D eigenvalue weighted by atomic mass is 35.5. The number of H-pyrrole nitrogens is 1. The van der Waals surface area contributed by atoms with Crippen LogP contribution in [0.2, 0.25) is 10.0 Å². The van der Waals surface area contributed by atoms with Gasteiger partial charge in [-0.1, -0.05) is 59.6 Å². The number of amides is 3. The molecular formula is C31H28Cl2N4O3S. The summed E-state index contributed by atoms with van der Waals surface area (Å²) in [5, 5.41) is 4.87. The van der Waals surface area contributed by atoms with Gasteiger partial charge in [0.2, 0.25) is 17.7 Å². The quantitative estimate of drug-likeness (QED) is 0.282. The second kappa shape index (κ2) is 11.1. The molecule has 0 saturated carbocycles. The number of hydrogen-bond donors (Lipinski definition) is 2. The lowest BCUT2D eigenvalue weighted by Crippen LogP contribution is -2.57. The number of carbonyl (C=O) groups excluding carboxylic acids is 3. The Morgan fingerprint density at radius 1 is 1.02 bits per heavy atom. The fraction of sp³-hybridized carbons (Fsp3) is 0.258. The molecule has 10 heteroatoms. The van der Waals surface area contributed by atoms with Crippen molar-refractivity contribution in [3.63, 3.8) is 0 Å². The minimum Gasteiger partial charge on any atom is -0.361 e. The molecule has 2 N–H and O–H groups in total. The maximum atomic E-state index is 14.8. The van der Waals surface area contributed by atoms with E-state index in [-0.39, 0.29) is 36.7 Å². The topological polar surface area (TPSA) is 85.5 Å². The zero-order chi connectivity index (χ0) is 28.7. The van der Waals surface area contributed by atoms with Gasteiger partial charge in [0, 0.05) is 50.7 Å². The zero-order valence-corrected chi connectivity index (χ0v) is 24.6. The Balaban J connectivity index is 1.56. The lowest BCUT2D eigenvalue weighted by molar-refractivity contribution is -0.140. The molecule has 1 aromatic heterocycles. The van der Waals surface area contributed by atoms with Crippen LogP contribution in [0, 0.1) is 0 Å². The molecule has 0 radical (unpaired) electrons. The third-order valence-electron chi connectivity index (χ3n) is 7.89. The molecule has 3 amide bonds. The molecule has 3 atom stereocenters. The largest absolute Gasteiger partial charge is 0.361 e. The first-order valence-electron chi connectivity index (χ1n) is 13.4. The van der Waals surface area contributed by atoms with E-state index in [1.807, 2.05) is 78.7 Å². The summed E-state index contributed by atoms with van der Waals surface area (Å²) in [6.45, 7) is 2.67. The van der Waals surface area contributed by atoms with Gasteiger partial charge in [0.25, 0.3) is 0 Å². The Morgan fingerprint density at radius 3 is 2.49 bits per heavy atom. The van der Waals surface area contributed by atoms with Crippen LogP contribution in [0.3, 0.4) is 0 Å². The normalized spacial score (nSPS) is 21.8. The smallest absolute Gasteiger partial charge is 0.242 e. The molecule has 3 aromatic carbocycles. The molecule has 0 spiro atoms. The highest BCUT2D eigenvalue weighted by Gasteiger charge is 2.61. The van der Waals surface area contributed by atoms with Crippen LogP contribution in [0.15, 0.2) is 83.9 Å². The highest BCUT2D eigenvalue weighted by Crippen LogP contribution is 2.56. The molecule has 4 aromatic rings. The summed E-state index contributed by atoms with van der Waals surface area (Å²) in [5.74, 6) is -0.578. The highest BCUT2D eigenvalue weighted by molar-refractivity contribution is 8.01. The number of rotatable bonds is 6. The van der Waals surface area contributed by atoms with E-state index in [4.69, 9.17) is 23.2 Å². The van der Waals surface area contributed by atoms with Crippen LogP contribution in [0.4, 0.5) is 0 Å². The third-order valence-corrected chi connectivity index (χ3v) is 9.79. The molecule has 210 valence electrons. The molecule has 2 fully saturated rings. The van der Waals surface area contributed by atoms with Gasteiger partial charge >= 0.3 is 0 Å². The van der Waals surface area contributed by atoms with Gasteiger partial charge in [-0.05, 0) is 48.9 Å². The maximum Gasteiger partial charge on any atom is 0.242 e. The number of thioether (sulfide) groups is 1. The monoisotopic (exact) mass is 606 g/mol. The Morgan fingerprint density at radius 2 is 1.76 bits per heavy atom. The van der Waals surface area contributed by atoms with E-state index in [0.717, 1.165) is 26.9 Å². The van der Waals surface area contributed by atoms with Crippen LogP contribution in [-0.4, -0.2) is 56.9 Å². The lowest BCUT2D eigenvalue weighted by atomic mass is 9.89. The number of piperazine rings is 1. The number of likely N-dealkylation sites (tertiary alicyclic amines) is 1. The van der Waals surface area contributed by atoms with Crippen LogP contribution in [0.25, 0.3) is 10.9 Å². The van der Waals surface area contributed by atoms with Gasteiger partial charge in [0.05, 0.1) is 25.0 Å². The van der Waals surface area contributed by atoms with Gasteiger partial charge in [-0.25, -0.2) is 0 Å². The Kier molecular flexibility index (Phi) is 7.49. The molecule has 2 aliphatic heterocycles. The van der Waals surface area contributed by atoms with Crippen molar-refractivity contribution in [2.75, 3.05) is 19.6 Å². The SMILES string of the molecule is C[C@H](c1ccc(Cl)cc1)N1C(=O)C[C@@](Sc2ccccc2)(C(=O)N2CCNC(=O)C2)[C@@H]1c1c[nH]c2cc(Cl)ccc12. The van der Waals surface area contributed by atoms with Gasteiger partial charge in [0.15, 0.2) is 0 Å². The van der Waals surface area contributed by atoms with Crippen molar-refractivity contribution in [2.45, 2.75) is 35.1 Å². The number of halogens is 2. The van der Waals surface area contributed by atoms with Crippen molar-refractivity contribution in [2.24, 2.45) is 0 Å². The van der Waals surface area contributed by atoms with E-state index in [1.165, 1.54) is 11.8 Å². The zero-order valence-electron chi connectivity index (χ0n) is 22.3. The summed E-state index contributed by atoms with van der Waals surface area (Å²) in [4.78, 5) is 49.0. The van der Waals surface area contributed by atoms with Crippen molar-refractivity contribution in [1.82, 2.24) is 20.1 Å². The summed E-state index contributed by atoms with van der Waals surface area (Å²) in [6, 6.07) is 21.6. The maximum absolute atomic E-state index is 14.8. The molecule has 0 unspecified atom stereocenters. The molecule has 0 bridgehead atoms. The lowest BCUT2D eigenvalue weighted by Gasteiger charge is -2.41. The molecule has 2 aliphatic rings. The molecule has 7 nitrogen and oxygen atoms in total. The first kappa shape index (κ1) is 27.7. The van der Waals surface area contributed by atoms with E-state index < -0.39 is 10.8 Å². The van der Waals surface area contributed by atoms with E-state index in [0.29, 0.717) is 23.1 Å². The molecule has 2 saturated heterocycles. The fourth-order valence-electron chi connectivity index (χ4n) is 5.98. The van der Waals surface area contributed by atoms with E-state index >= 15 is 0 Å². The molecule has 0 aliphatic carbocycles. The number of aromatic nitrogens is 1. The van der Waals surface area contributed by atoms with Crippen molar-refractivity contribution in [3.05, 3.63) is 100 Å². The molecular weight excluding hydrogens is 579 g/mol. The second-order valence-electron chi connectivity index (χ2n) is 10.4. The minimum absolute atomic E-state index is 0.0215. The Hall–Kier alpha value is -3.46. The average molecular weight is 608 g/mol. The van der Waals surface area contributed by atoms with Crippen molar-refractivity contribution in [3.8, 4) is 0 Å². The average Bonchev–Trinajstić information content (AvgIpc) is 3.50. The summed E-state index contributed by atoms with van der Waals surface area (Å²) in [7, 11) is 0. The van der Waals surface area contributed by atoms with Gasteiger partial charge < -0.3 is 20.1 Å². The molecule has 6 rings (SSSR count). The number of fused-ring (bicyclic) bond motifs is 1. The van der Waals surface area contributed by atoms with Crippen LogP contribution < -0.4 is 5.32 Å². The van der Waals surface area contributed by atoms with Gasteiger partial charge in [-0.15, -0.1) is 11.8 Å². The van der Waals surface area contributed by atoms with E-state index in [1.54, 1.807) is 17.0 Å². The fourth-order valence-corrected chi connectivity index (χ4v) is 7.75. The predicted molar refractivity (Wildman–Crippen MR) is 162 cm³/mol. The van der Waals surface area contributed by atoms with Crippen LogP contribution in [-0.2, 0) is 14.4 Å². The summed E-state index contributed by atoms with van der Waals surface area (Å²) in [6.07, 6.45) is 1.86. The van der Waals surface area contributed by atoms with Gasteiger partial charge in [-0.2, -0.15) is 0 Å². The number of hydrogen-bond acceptors (Lipinski definition) is 4. The van der Waals surface area contributed by atoms with Gasteiger partial charge in [-0.3, -0.25) is 14.4 Å². The van der Waals surface area contributed by atoms with Crippen LogP contribution in [0.5, 0.6) is 0 Å². The van der Waals surface area contributed by atoms with Crippen LogP contribution >= 0.6 is 35.0 Å². The van der Waals surface area contributed by atoms with Crippen molar-refractivity contribution >= 4 is 63.6 Å². The first-order valence-corrected chi connectivity index (χ1v) is 15.0. The second-order valence-corrected chi connectivity index (χ2v) is 12.7. The van der Waals surface area contributed by atoms with Crippen molar-refractivity contribution in [1.29, 1.82) is 0 Å². The standard InChI is InChI=1S/C31H28Cl2N4O3S/c1-19(20-7-9-21(32)10-8-20)37-28(39)16-31(41-23-5-3-2-4-6-23,30(40)36-14-13-34-27(38)18-36)29(37)25-17-35-26-15-22(33)11-12-24(25)26/h2-12,15,17,19,29,35H,13-14,16,18H2,1H3,(H,34,38)/t19-,29+,31+/m1/s1. The van der Waals surface area contributed by atoms with E-state index in [9.17, 15) is 14.4 Å². The van der Waals surface area contributed by atoms with E-state index in [2.05, 4.69) is 10.3 Å². The number of benzene rings is 3. The number of nitrogens with one attached hydrogen (secondary N) is 2. The Labute approximate surface area is 252 Å². The Bertz CT molecular complexity index is 1630. The van der Waals surface area contributed by atoms with Crippen LogP contribution in [0.1, 0.15) is 36.6 Å². The minimum atomic E-state index is -1.24. The summed E-state index contributed by atoms with van der Waals surface area (Å²) >= 11 is 13.9. The molecule has 3 heterocycles. The van der Waals surface area contributed by atoms with Gasteiger partial charge in [0.1, 0.15) is 4.75 Å². The van der Waals surface area contributed by atoms with Crippen molar-refractivity contribution < 1.29 is 14.4 Å². The third kappa shape index (κ3) is 5.09. The summed E-state index contributed by atoms with van der Waals surface area (Å²) < 4.78 is -1.24. The number of carbonyl (C=O) groups is 3.